The molecule has 4 amide bonds. The van der Waals surface area contributed by atoms with E-state index in [0.717, 1.165) is 37.3 Å². The smallest absolute Gasteiger partial charge is 0.325 e. The van der Waals surface area contributed by atoms with Crippen LogP contribution in [0.4, 0.5) is 4.79 Å². The lowest BCUT2D eigenvalue weighted by Crippen LogP contribution is -2.54. The summed E-state index contributed by atoms with van der Waals surface area (Å²) in [5.74, 6) is -0.0363. The van der Waals surface area contributed by atoms with Gasteiger partial charge >= 0.3 is 6.03 Å². The summed E-state index contributed by atoms with van der Waals surface area (Å²) in [5.41, 5.74) is -0.849. The molecule has 2 N–H and O–H groups in total. The summed E-state index contributed by atoms with van der Waals surface area (Å²) in [6, 6.07) is -0.251. The molecule has 146 valence electrons. The van der Waals surface area contributed by atoms with Gasteiger partial charge in [-0.15, -0.1) is 0 Å². The molecule has 2 atom stereocenters. The number of carbonyl (C=O) groups is 3. The Morgan fingerprint density at radius 2 is 1.88 bits per heavy atom. The van der Waals surface area contributed by atoms with Gasteiger partial charge in [-0.05, 0) is 56.5 Å². The molecule has 0 bridgehead atoms. The van der Waals surface area contributed by atoms with Crippen molar-refractivity contribution in [2.75, 3.05) is 26.7 Å². The molecule has 0 radical (unpaired) electrons. The maximum atomic E-state index is 13.1. The summed E-state index contributed by atoms with van der Waals surface area (Å²) in [5, 5.41) is 6.22. The van der Waals surface area contributed by atoms with Crippen LogP contribution in [0.3, 0.4) is 0 Å². The third-order valence-corrected chi connectivity index (χ3v) is 6.17. The molecular weight excluding hydrogens is 332 g/mol. The van der Waals surface area contributed by atoms with Gasteiger partial charge in [-0.2, -0.15) is 0 Å². The molecule has 3 fully saturated rings. The average Bonchev–Trinajstić information content (AvgIpc) is 2.76. The highest BCUT2D eigenvalue weighted by atomic mass is 16.2. The van der Waals surface area contributed by atoms with Crippen LogP contribution < -0.4 is 10.6 Å². The van der Waals surface area contributed by atoms with Crippen LogP contribution in [0, 0.1) is 11.3 Å². The fourth-order valence-electron chi connectivity index (χ4n) is 5.29. The summed E-state index contributed by atoms with van der Waals surface area (Å²) in [6.07, 6.45) is 4.12. The van der Waals surface area contributed by atoms with Crippen molar-refractivity contribution in [2.45, 2.75) is 64.5 Å². The number of nitrogens with zero attached hydrogens (tertiary/aromatic N) is 2. The molecule has 2 unspecified atom stereocenters. The number of nitrogens with one attached hydrogen (secondary N) is 2. The standard InChI is InChI=1S/C19H32N4O3/c1-13-9-18(2,3)12-19(10-13)16(25)23(17(26)21-19)11-15(24)22(4)14-5-7-20-8-6-14/h13-14,20H,5-12H2,1-4H3,(H,21,26). The Labute approximate surface area is 155 Å². The second kappa shape index (κ2) is 6.83. The van der Waals surface area contributed by atoms with Crippen molar-refractivity contribution < 1.29 is 14.4 Å². The van der Waals surface area contributed by atoms with Crippen molar-refractivity contribution in [1.82, 2.24) is 20.4 Å². The van der Waals surface area contributed by atoms with Crippen molar-refractivity contribution >= 4 is 17.8 Å². The zero-order valence-corrected chi connectivity index (χ0v) is 16.4. The highest BCUT2D eigenvalue weighted by Crippen LogP contribution is 2.46. The normalized spacial score (nSPS) is 32.0. The van der Waals surface area contributed by atoms with E-state index in [-0.39, 0.29) is 29.8 Å². The number of carbonyl (C=O) groups excluding carboxylic acids is 3. The maximum Gasteiger partial charge on any atom is 0.325 e. The van der Waals surface area contributed by atoms with Gasteiger partial charge in [-0.1, -0.05) is 20.8 Å². The molecule has 1 saturated carbocycles. The van der Waals surface area contributed by atoms with Crippen LogP contribution in [0.15, 0.2) is 0 Å². The van der Waals surface area contributed by atoms with Crippen molar-refractivity contribution in [3.63, 3.8) is 0 Å². The first kappa shape index (κ1) is 19.1. The molecule has 0 aromatic heterocycles. The first-order valence-corrected chi connectivity index (χ1v) is 9.74. The largest absolute Gasteiger partial charge is 0.341 e. The van der Waals surface area contributed by atoms with Crippen molar-refractivity contribution in [3.05, 3.63) is 0 Å². The predicted octanol–water partition coefficient (Wildman–Crippen LogP) is 1.33. The van der Waals surface area contributed by atoms with Crippen LogP contribution in [0.5, 0.6) is 0 Å². The lowest BCUT2D eigenvalue weighted by Gasteiger charge is -2.43. The quantitative estimate of drug-likeness (QED) is 0.741. The zero-order chi connectivity index (χ0) is 19.1. The van der Waals surface area contributed by atoms with Gasteiger partial charge in [0.05, 0.1) is 0 Å². The van der Waals surface area contributed by atoms with Gasteiger partial charge in [0, 0.05) is 13.1 Å². The molecule has 3 rings (SSSR count). The van der Waals surface area contributed by atoms with E-state index in [1.165, 1.54) is 0 Å². The monoisotopic (exact) mass is 364 g/mol. The molecule has 7 heteroatoms. The van der Waals surface area contributed by atoms with Gasteiger partial charge in [0.2, 0.25) is 5.91 Å². The summed E-state index contributed by atoms with van der Waals surface area (Å²) >= 11 is 0. The van der Waals surface area contributed by atoms with Crippen LogP contribution in [0.2, 0.25) is 0 Å². The Hall–Kier alpha value is -1.63. The first-order valence-electron chi connectivity index (χ1n) is 9.74. The Kier molecular flexibility index (Phi) is 5.03. The fourth-order valence-corrected chi connectivity index (χ4v) is 5.29. The first-order chi connectivity index (χ1) is 12.1. The summed E-state index contributed by atoms with van der Waals surface area (Å²) in [6.45, 7) is 8.02. The zero-order valence-electron chi connectivity index (χ0n) is 16.4. The van der Waals surface area contributed by atoms with Gasteiger partial charge in [-0.3, -0.25) is 14.5 Å². The van der Waals surface area contributed by atoms with E-state index in [2.05, 4.69) is 31.4 Å². The van der Waals surface area contributed by atoms with Crippen LogP contribution >= 0.6 is 0 Å². The summed E-state index contributed by atoms with van der Waals surface area (Å²) in [7, 11) is 1.78. The Balaban J connectivity index is 1.70. The van der Waals surface area contributed by atoms with Gasteiger partial charge in [0.25, 0.3) is 5.91 Å². The molecule has 3 aliphatic rings. The van der Waals surface area contributed by atoms with Gasteiger partial charge < -0.3 is 15.5 Å². The predicted molar refractivity (Wildman–Crippen MR) is 98.4 cm³/mol. The molecule has 7 nitrogen and oxygen atoms in total. The Morgan fingerprint density at radius 3 is 2.50 bits per heavy atom. The van der Waals surface area contributed by atoms with E-state index >= 15 is 0 Å². The lowest BCUT2D eigenvalue weighted by atomic mass is 9.64. The van der Waals surface area contributed by atoms with E-state index in [1.807, 2.05) is 0 Å². The Morgan fingerprint density at radius 1 is 1.23 bits per heavy atom. The van der Waals surface area contributed by atoms with Crippen LogP contribution in [0.25, 0.3) is 0 Å². The van der Waals surface area contributed by atoms with E-state index in [0.29, 0.717) is 18.8 Å². The van der Waals surface area contributed by atoms with Crippen LogP contribution in [-0.4, -0.2) is 65.9 Å². The SMILES string of the molecule is CC1CC(C)(C)CC2(C1)NC(=O)N(CC(=O)N(C)C1CCNCC1)C2=O. The second-order valence-corrected chi connectivity index (χ2v) is 9.24. The number of amides is 4. The van der Waals surface area contributed by atoms with Gasteiger partial charge in [0.1, 0.15) is 12.1 Å². The molecule has 1 aliphatic carbocycles. The van der Waals surface area contributed by atoms with E-state index in [4.69, 9.17) is 0 Å². The van der Waals surface area contributed by atoms with Gasteiger partial charge in [-0.25, -0.2) is 4.79 Å². The highest BCUT2D eigenvalue weighted by Gasteiger charge is 2.56. The van der Waals surface area contributed by atoms with Crippen molar-refractivity contribution in [3.8, 4) is 0 Å². The number of imide groups is 1. The number of rotatable bonds is 3. The number of hydrogen-bond donors (Lipinski definition) is 2. The molecule has 0 aromatic carbocycles. The summed E-state index contributed by atoms with van der Waals surface area (Å²) < 4.78 is 0. The third kappa shape index (κ3) is 3.59. The minimum absolute atomic E-state index is 0.00743. The van der Waals surface area contributed by atoms with Crippen molar-refractivity contribution in [1.29, 1.82) is 0 Å². The fraction of sp³-hybridized carbons (Fsp3) is 0.842. The third-order valence-electron chi connectivity index (χ3n) is 6.17. The number of likely N-dealkylation sites (N-methyl/N-ethyl adjacent to an activating group) is 1. The number of piperidine rings is 1. The topological polar surface area (TPSA) is 81.8 Å². The minimum atomic E-state index is -0.841. The molecular formula is C19H32N4O3. The van der Waals surface area contributed by atoms with Crippen molar-refractivity contribution in [2.24, 2.45) is 11.3 Å². The average molecular weight is 364 g/mol. The second-order valence-electron chi connectivity index (χ2n) is 9.24. The van der Waals surface area contributed by atoms with E-state index in [1.54, 1.807) is 11.9 Å². The minimum Gasteiger partial charge on any atom is -0.341 e. The highest BCUT2D eigenvalue weighted by molar-refractivity contribution is 6.09. The van der Waals surface area contributed by atoms with Crippen LogP contribution in [0.1, 0.15) is 52.9 Å². The molecule has 2 saturated heterocycles. The van der Waals surface area contributed by atoms with Crippen LogP contribution in [-0.2, 0) is 9.59 Å². The Bertz CT molecular complexity index is 600. The number of hydrogen-bond acceptors (Lipinski definition) is 4. The summed E-state index contributed by atoms with van der Waals surface area (Å²) in [4.78, 5) is 41.2. The molecule has 1 spiro atoms. The molecule has 2 heterocycles. The molecule has 26 heavy (non-hydrogen) atoms. The lowest BCUT2D eigenvalue weighted by molar-refractivity contribution is -0.141. The molecule has 0 aromatic rings. The van der Waals surface area contributed by atoms with E-state index < -0.39 is 11.6 Å². The maximum absolute atomic E-state index is 13.1. The molecule has 2 aliphatic heterocycles. The van der Waals surface area contributed by atoms with E-state index in [9.17, 15) is 14.4 Å². The number of urea groups is 1. The van der Waals surface area contributed by atoms with Gasteiger partial charge in [0.15, 0.2) is 0 Å².